The summed E-state index contributed by atoms with van der Waals surface area (Å²) in [6.07, 6.45) is 7.63. The Hall–Kier alpha value is -1.31. The summed E-state index contributed by atoms with van der Waals surface area (Å²) >= 11 is 0. The standard InChI is InChI=1S/C22H34N4O.HI/c1-2-24-21(26-14-8-9-18(16-26)15-20(23)27)25-17-22(12-6-7-13-22)19-10-4-3-5-11-19;/h3-5,10-11,18H,2,6-9,12-17H2,1H3,(H2,23,27)(H,24,25);1H. The van der Waals surface area contributed by atoms with Gasteiger partial charge in [0, 0.05) is 31.5 Å². The number of nitrogens with one attached hydrogen (secondary N) is 1. The highest BCUT2D eigenvalue weighted by atomic mass is 127. The van der Waals surface area contributed by atoms with Crippen molar-refractivity contribution >= 4 is 35.8 Å². The van der Waals surface area contributed by atoms with Crippen LogP contribution in [0.2, 0.25) is 0 Å². The molecule has 28 heavy (non-hydrogen) atoms. The number of hydrogen-bond donors (Lipinski definition) is 2. The van der Waals surface area contributed by atoms with E-state index in [1.54, 1.807) is 0 Å². The molecule has 1 aromatic rings. The van der Waals surface area contributed by atoms with Crippen molar-refractivity contribution in [2.75, 3.05) is 26.2 Å². The van der Waals surface area contributed by atoms with Crippen LogP contribution in [0.4, 0.5) is 0 Å². The number of nitrogens with two attached hydrogens (primary N) is 1. The molecule has 1 unspecified atom stereocenters. The molecule has 3 N–H and O–H groups in total. The lowest BCUT2D eigenvalue weighted by atomic mass is 9.79. The molecule has 156 valence electrons. The lowest BCUT2D eigenvalue weighted by Crippen LogP contribution is -2.47. The summed E-state index contributed by atoms with van der Waals surface area (Å²) in [5.41, 5.74) is 7.02. The Labute approximate surface area is 186 Å². The molecule has 1 saturated heterocycles. The molecule has 0 aromatic heterocycles. The van der Waals surface area contributed by atoms with Crippen LogP contribution < -0.4 is 11.1 Å². The number of piperidine rings is 1. The van der Waals surface area contributed by atoms with Crippen LogP contribution in [0.15, 0.2) is 35.3 Å². The molecule has 1 aliphatic heterocycles. The van der Waals surface area contributed by atoms with Gasteiger partial charge in [-0.15, -0.1) is 24.0 Å². The number of amides is 1. The van der Waals surface area contributed by atoms with Crippen molar-refractivity contribution in [2.45, 2.75) is 57.3 Å². The lowest BCUT2D eigenvalue weighted by Gasteiger charge is -2.35. The van der Waals surface area contributed by atoms with Gasteiger partial charge in [0.15, 0.2) is 5.96 Å². The number of carbonyl (C=O) groups is 1. The average molecular weight is 498 g/mol. The third-order valence-electron chi connectivity index (χ3n) is 6.12. The number of rotatable bonds is 6. The van der Waals surface area contributed by atoms with Crippen molar-refractivity contribution in [1.82, 2.24) is 10.2 Å². The fourth-order valence-electron chi connectivity index (χ4n) is 4.74. The Morgan fingerprint density at radius 2 is 1.96 bits per heavy atom. The van der Waals surface area contributed by atoms with Gasteiger partial charge >= 0.3 is 0 Å². The van der Waals surface area contributed by atoms with E-state index in [2.05, 4.69) is 47.5 Å². The molecule has 6 heteroatoms. The Morgan fingerprint density at radius 1 is 1.25 bits per heavy atom. The van der Waals surface area contributed by atoms with Gasteiger partial charge in [-0.2, -0.15) is 0 Å². The largest absolute Gasteiger partial charge is 0.370 e. The molecule has 1 aromatic carbocycles. The van der Waals surface area contributed by atoms with E-state index in [0.717, 1.165) is 45.0 Å². The van der Waals surface area contributed by atoms with E-state index in [9.17, 15) is 4.79 Å². The van der Waals surface area contributed by atoms with Gasteiger partial charge in [-0.3, -0.25) is 9.79 Å². The summed E-state index contributed by atoms with van der Waals surface area (Å²) in [7, 11) is 0. The molecular weight excluding hydrogens is 463 g/mol. The van der Waals surface area contributed by atoms with E-state index in [1.165, 1.54) is 31.2 Å². The number of hydrogen-bond acceptors (Lipinski definition) is 2. The molecule has 1 heterocycles. The maximum Gasteiger partial charge on any atom is 0.217 e. The van der Waals surface area contributed by atoms with Crippen LogP contribution in [0, 0.1) is 5.92 Å². The smallest absolute Gasteiger partial charge is 0.217 e. The molecule has 2 aliphatic rings. The lowest BCUT2D eigenvalue weighted by molar-refractivity contribution is -0.119. The van der Waals surface area contributed by atoms with Gasteiger partial charge in [-0.05, 0) is 44.1 Å². The third kappa shape index (κ3) is 5.84. The summed E-state index contributed by atoms with van der Waals surface area (Å²) in [6, 6.07) is 10.9. The molecule has 3 rings (SSSR count). The van der Waals surface area contributed by atoms with Crippen LogP contribution in [-0.4, -0.2) is 42.9 Å². The number of carbonyl (C=O) groups excluding carboxylic acids is 1. The number of aliphatic imine (C=N–C) groups is 1. The molecule has 0 radical (unpaired) electrons. The number of primary amides is 1. The first-order valence-electron chi connectivity index (χ1n) is 10.5. The molecule has 1 atom stereocenters. The molecule has 2 fully saturated rings. The monoisotopic (exact) mass is 498 g/mol. The second-order valence-corrected chi connectivity index (χ2v) is 8.15. The highest BCUT2D eigenvalue weighted by Gasteiger charge is 2.35. The van der Waals surface area contributed by atoms with Crippen molar-refractivity contribution < 1.29 is 4.79 Å². The molecule has 1 aliphatic carbocycles. The first kappa shape index (κ1) is 23.0. The van der Waals surface area contributed by atoms with E-state index in [1.807, 2.05) is 0 Å². The van der Waals surface area contributed by atoms with Gasteiger partial charge in [0.2, 0.25) is 5.91 Å². The van der Waals surface area contributed by atoms with Crippen LogP contribution in [0.1, 0.15) is 57.4 Å². The molecule has 1 saturated carbocycles. The van der Waals surface area contributed by atoms with E-state index in [0.29, 0.717) is 12.3 Å². The van der Waals surface area contributed by atoms with Gasteiger partial charge in [-0.25, -0.2) is 0 Å². The minimum atomic E-state index is -0.197. The highest BCUT2D eigenvalue weighted by Crippen LogP contribution is 2.41. The van der Waals surface area contributed by atoms with E-state index < -0.39 is 0 Å². The van der Waals surface area contributed by atoms with Gasteiger partial charge in [-0.1, -0.05) is 43.2 Å². The quantitative estimate of drug-likeness (QED) is 0.357. The van der Waals surface area contributed by atoms with E-state index >= 15 is 0 Å². The zero-order valence-electron chi connectivity index (χ0n) is 17.0. The van der Waals surface area contributed by atoms with Crippen LogP contribution in [0.3, 0.4) is 0 Å². The number of nitrogens with zero attached hydrogens (tertiary/aromatic N) is 2. The molecule has 1 amide bonds. The number of likely N-dealkylation sites (tertiary alicyclic amines) is 1. The zero-order chi connectivity index (χ0) is 19.1. The van der Waals surface area contributed by atoms with Crippen LogP contribution in [-0.2, 0) is 10.2 Å². The van der Waals surface area contributed by atoms with Crippen LogP contribution in [0.5, 0.6) is 0 Å². The SMILES string of the molecule is CCNC(=NCC1(c2ccccc2)CCCC1)N1CCCC(CC(N)=O)C1.I. The minimum Gasteiger partial charge on any atom is -0.370 e. The predicted molar refractivity (Wildman–Crippen MR) is 126 cm³/mol. The topological polar surface area (TPSA) is 70.7 Å². The summed E-state index contributed by atoms with van der Waals surface area (Å²) in [4.78, 5) is 18.8. The van der Waals surface area contributed by atoms with Crippen molar-refractivity contribution in [3.05, 3.63) is 35.9 Å². The number of benzene rings is 1. The summed E-state index contributed by atoms with van der Waals surface area (Å²) in [5, 5.41) is 3.48. The average Bonchev–Trinajstić information content (AvgIpc) is 3.16. The van der Waals surface area contributed by atoms with Crippen molar-refractivity contribution in [3.8, 4) is 0 Å². The maximum atomic E-state index is 11.3. The number of guanidine groups is 1. The fourth-order valence-corrected chi connectivity index (χ4v) is 4.74. The summed E-state index contributed by atoms with van der Waals surface area (Å²) < 4.78 is 0. The van der Waals surface area contributed by atoms with E-state index in [4.69, 9.17) is 10.7 Å². The van der Waals surface area contributed by atoms with Crippen LogP contribution in [0.25, 0.3) is 0 Å². The fraction of sp³-hybridized carbons (Fsp3) is 0.636. The molecule has 0 bridgehead atoms. The van der Waals surface area contributed by atoms with Crippen molar-refractivity contribution in [3.63, 3.8) is 0 Å². The van der Waals surface area contributed by atoms with Gasteiger partial charge < -0.3 is 16.0 Å². The van der Waals surface area contributed by atoms with Crippen molar-refractivity contribution in [1.29, 1.82) is 0 Å². The summed E-state index contributed by atoms with van der Waals surface area (Å²) in [6.45, 7) is 5.67. The minimum absolute atomic E-state index is 0. The second kappa shape index (κ2) is 11.0. The molecular formula is C22H35IN4O. The van der Waals surface area contributed by atoms with E-state index in [-0.39, 0.29) is 35.3 Å². The zero-order valence-corrected chi connectivity index (χ0v) is 19.4. The number of halogens is 1. The molecule has 0 spiro atoms. The van der Waals surface area contributed by atoms with Crippen LogP contribution >= 0.6 is 24.0 Å². The second-order valence-electron chi connectivity index (χ2n) is 8.15. The predicted octanol–water partition coefficient (Wildman–Crippen LogP) is 3.67. The Kier molecular flexibility index (Phi) is 9.05. The van der Waals surface area contributed by atoms with Gasteiger partial charge in [0.1, 0.15) is 0 Å². The highest BCUT2D eigenvalue weighted by molar-refractivity contribution is 14.0. The Morgan fingerprint density at radius 3 is 2.61 bits per heavy atom. The summed E-state index contributed by atoms with van der Waals surface area (Å²) in [5.74, 6) is 1.14. The Bertz CT molecular complexity index is 643. The first-order chi connectivity index (χ1) is 13.1. The normalized spacial score (nSPS) is 21.8. The third-order valence-corrected chi connectivity index (χ3v) is 6.12. The first-order valence-corrected chi connectivity index (χ1v) is 10.5. The van der Waals surface area contributed by atoms with Gasteiger partial charge in [0.25, 0.3) is 0 Å². The van der Waals surface area contributed by atoms with Crippen molar-refractivity contribution in [2.24, 2.45) is 16.6 Å². The van der Waals surface area contributed by atoms with Gasteiger partial charge in [0.05, 0.1) is 6.54 Å². The maximum absolute atomic E-state index is 11.3. The Balaban J connectivity index is 0.00000280. The molecule has 5 nitrogen and oxygen atoms in total.